The van der Waals surface area contributed by atoms with Gasteiger partial charge in [-0.15, -0.1) is 0 Å². The number of hydrogen-bond donors (Lipinski definition) is 0. The van der Waals surface area contributed by atoms with E-state index in [1.165, 1.54) is 22.4 Å². The predicted octanol–water partition coefficient (Wildman–Crippen LogP) is 5.80. The fourth-order valence-electron chi connectivity index (χ4n) is 5.16. The highest BCUT2D eigenvalue weighted by molar-refractivity contribution is 5.37. The average Bonchev–Trinajstić information content (AvgIpc) is 2.89. The van der Waals surface area contributed by atoms with Crippen molar-refractivity contribution >= 4 is 0 Å². The molecule has 168 valence electrons. The van der Waals surface area contributed by atoms with Crippen LogP contribution >= 0.6 is 0 Å². The lowest BCUT2D eigenvalue weighted by Crippen LogP contribution is -2.39. The zero-order valence-corrected chi connectivity index (χ0v) is 18.9. The molecular formula is C29H30N2O2. The van der Waals surface area contributed by atoms with Crippen molar-refractivity contribution in [2.75, 3.05) is 13.5 Å². The van der Waals surface area contributed by atoms with Crippen LogP contribution in [0.15, 0.2) is 96.3 Å². The third-order valence-electron chi connectivity index (χ3n) is 7.10. The molecule has 2 aromatic rings. The molecule has 4 nitrogen and oxygen atoms in total. The highest BCUT2D eigenvalue weighted by Crippen LogP contribution is 2.32. The molecule has 33 heavy (non-hydrogen) atoms. The minimum absolute atomic E-state index is 0.414. The van der Waals surface area contributed by atoms with Gasteiger partial charge in [-0.1, -0.05) is 72.4 Å². The van der Waals surface area contributed by atoms with Crippen LogP contribution in [0.1, 0.15) is 30.4 Å². The van der Waals surface area contributed by atoms with Crippen LogP contribution in [0.4, 0.5) is 0 Å². The molecule has 0 amide bonds. The van der Waals surface area contributed by atoms with Crippen LogP contribution in [0.3, 0.4) is 0 Å². The van der Waals surface area contributed by atoms with Gasteiger partial charge >= 0.3 is 0 Å². The van der Waals surface area contributed by atoms with Crippen LogP contribution in [0.25, 0.3) is 0 Å². The number of nitrogens with zero attached hydrogens (tertiary/aromatic N) is 2. The summed E-state index contributed by atoms with van der Waals surface area (Å²) in [5.41, 5.74) is 5.27. The molecule has 0 saturated carbocycles. The van der Waals surface area contributed by atoms with Gasteiger partial charge in [-0.3, -0.25) is 4.90 Å². The van der Waals surface area contributed by atoms with Crippen molar-refractivity contribution in [3.05, 3.63) is 107 Å². The van der Waals surface area contributed by atoms with Crippen molar-refractivity contribution in [1.82, 2.24) is 9.80 Å². The Morgan fingerprint density at radius 2 is 1.52 bits per heavy atom. The molecule has 0 aromatic heterocycles. The summed E-state index contributed by atoms with van der Waals surface area (Å²) in [4.78, 5) is 4.73. The van der Waals surface area contributed by atoms with Crippen molar-refractivity contribution in [3.63, 3.8) is 0 Å². The molecule has 4 heteroatoms. The van der Waals surface area contributed by atoms with Crippen LogP contribution < -0.4 is 9.47 Å². The van der Waals surface area contributed by atoms with Crippen molar-refractivity contribution in [1.29, 1.82) is 0 Å². The third-order valence-corrected chi connectivity index (χ3v) is 7.10. The van der Waals surface area contributed by atoms with Gasteiger partial charge in [0.2, 0.25) is 0 Å². The molecule has 4 aliphatic rings. The lowest BCUT2D eigenvalue weighted by Gasteiger charge is -2.35. The molecule has 0 saturated heterocycles. The second-order valence-corrected chi connectivity index (χ2v) is 9.34. The molecule has 2 aliphatic carbocycles. The van der Waals surface area contributed by atoms with Crippen molar-refractivity contribution in [2.24, 2.45) is 5.92 Å². The summed E-state index contributed by atoms with van der Waals surface area (Å²) in [6, 6.07) is 17.1. The number of ether oxygens (including phenoxy) is 2. The Bertz CT molecular complexity index is 1150. The van der Waals surface area contributed by atoms with E-state index < -0.39 is 0 Å². The highest BCUT2D eigenvalue weighted by Gasteiger charge is 2.24. The maximum atomic E-state index is 5.96. The van der Waals surface area contributed by atoms with E-state index in [1.807, 2.05) is 12.1 Å². The smallest absolute Gasteiger partial charge is 0.161 e. The quantitative estimate of drug-likeness (QED) is 0.603. The van der Waals surface area contributed by atoms with Gasteiger partial charge in [0.15, 0.2) is 6.73 Å². The Kier molecular flexibility index (Phi) is 5.53. The van der Waals surface area contributed by atoms with E-state index in [4.69, 9.17) is 9.47 Å². The van der Waals surface area contributed by atoms with E-state index in [-0.39, 0.29) is 0 Å². The summed E-state index contributed by atoms with van der Waals surface area (Å²) in [7, 11) is 0. The van der Waals surface area contributed by atoms with E-state index in [9.17, 15) is 0 Å². The van der Waals surface area contributed by atoms with E-state index in [2.05, 4.69) is 82.7 Å². The molecule has 2 aliphatic heterocycles. The topological polar surface area (TPSA) is 24.9 Å². The van der Waals surface area contributed by atoms with Crippen LogP contribution in [0.2, 0.25) is 0 Å². The summed E-state index contributed by atoms with van der Waals surface area (Å²) in [5, 5.41) is 0. The molecule has 0 radical (unpaired) electrons. The van der Waals surface area contributed by atoms with Crippen LogP contribution in [-0.4, -0.2) is 29.3 Å². The maximum absolute atomic E-state index is 5.96. The van der Waals surface area contributed by atoms with Gasteiger partial charge in [-0.25, -0.2) is 0 Å². The second kappa shape index (κ2) is 8.95. The summed E-state index contributed by atoms with van der Waals surface area (Å²) >= 11 is 0. The van der Waals surface area contributed by atoms with Crippen molar-refractivity contribution in [2.45, 2.75) is 38.4 Å². The van der Waals surface area contributed by atoms with Crippen LogP contribution in [-0.2, 0) is 13.1 Å². The summed E-state index contributed by atoms with van der Waals surface area (Å²) < 4.78 is 11.9. The molecule has 2 atom stereocenters. The Hall–Kier alpha value is -3.24. The van der Waals surface area contributed by atoms with Gasteiger partial charge in [0.05, 0.1) is 0 Å². The van der Waals surface area contributed by atoms with E-state index in [1.54, 1.807) is 0 Å². The molecule has 2 aromatic carbocycles. The molecule has 0 N–H and O–H groups in total. The third kappa shape index (κ3) is 4.36. The molecule has 0 spiro atoms. The van der Waals surface area contributed by atoms with Crippen LogP contribution in [0, 0.1) is 5.92 Å². The SMILES string of the molecule is C1=CC(N2COc3ccccc3C2)CC=C1CC1C=CC(N2COc3ccccc3C2)=CC1. The maximum Gasteiger partial charge on any atom is 0.161 e. The van der Waals surface area contributed by atoms with Gasteiger partial charge in [0.25, 0.3) is 0 Å². The monoisotopic (exact) mass is 438 g/mol. The molecule has 0 fully saturated rings. The largest absolute Gasteiger partial charge is 0.478 e. The first-order valence-corrected chi connectivity index (χ1v) is 12.0. The molecule has 2 unspecified atom stereocenters. The fourth-order valence-corrected chi connectivity index (χ4v) is 5.16. The van der Waals surface area contributed by atoms with Gasteiger partial charge in [0, 0.05) is 36.0 Å². The Morgan fingerprint density at radius 3 is 2.24 bits per heavy atom. The van der Waals surface area contributed by atoms with Crippen LogP contribution in [0.5, 0.6) is 11.5 Å². The van der Waals surface area contributed by atoms with E-state index in [0.29, 0.717) is 25.4 Å². The fraction of sp³-hybridized carbons (Fsp3) is 0.310. The van der Waals surface area contributed by atoms with Gasteiger partial charge in [0.1, 0.15) is 18.2 Å². The number of benzene rings is 2. The summed E-state index contributed by atoms with van der Waals surface area (Å²) in [6.07, 6.45) is 17.4. The first-order chi connectivity index (χ1) is 16.3. The minimum atomic E-state index is 0.414. The zero-order chi connectivity index (χ0) is 22.0. The number of hydrogen-bond acceptors (Lipinski definition) is 4. The number of para-hydroxylation sites is 2. The predicted molar refractivity (Wildman–Crippen MR) is 131 cm³/mol. The first-order valence-electron chi connectivity index (χ1n) is 12.0. The Labute approximate surface area is 196 Å². The Morgan fingerprint density at radius 1 is 0.758 bits per heavy atom. The highest BCUT2D eigenvalue weighted by atomic mass is 16.5. The van der Waals surface area contributed by atoms with Gasteiger partial charge in [-0.05, 0) is 43.4 Å². The molecule has 6 rings (SSSR count). The van der Waals surface area contributed by atoms with Gasteiger partial charge < -0.3 is 14.4 Å². The summed E-state index contributed by atoms with van der Waals surface area (Å²) in [5.74, 6) is 2.60. The van der Waals surface area contributed by atoms with Gasteiger partial charge in [-0.2, -0.15) is 0 Å². The number of rotatable bonds is 4. The lowest BCUT2D eigenvalue weighted by atomic mass is 9.89. The van der Waals surface area contributed by atoms with E-state index in [0.717, 1.165) is 43.9 Å². The van der Waals surface area contributed by atoms with Crippen molar-refractivity contribution in [3.8, 4) is 11.5 Å². The number of fused-ring (bicyclic) bond motifs is 2. The molecule has 2 heterocycles. The number of allylic oxidation sites excluding steroid dienone is 5. The van der Waals surface area contributed by atoms with E-state index >= 15 is 0 Å². The first kappa shape index (κ1) is 20.4. The summed E-state index contributed by atoms with van der Waals surface area (Å²) in [6.45, 7) is 3.16. The molecular weight excluding hydrogens is 408 g/mol. The average molecular weight is 439 g/mol. The minimum Gasteiger partial charge on any atom is -0.478 e. The molecule has 0 bridgehead atoms. The lowest BCUT2D eigenvalue weighted by molar-refractivity contribution is 0.0724. The second-order valence-electron chi connectivity index (χ2n) is 9.34. The zero-order valence-electron chi connectivity index (χ0n) is 18.9. The van der Waals surface area contributed by atoms with Crippen molar-refractivity contribution < 1.29 is 9.47 Å². The normalized spacial score (nSPS) is 24.2. The standard InChI is InChI=1S/C29H30N2O2/c1-3-7-28-24(5-1)18-30(20-32-28)26-13-9-22(10-14-26)17-23-11-15-27(16-12-23)31-19-25-6-2-4-8-29(25)33-21-31/h1-11,13,15-16,23,26H,12,14,17-21H2. The Balaban J connectivity index is 1.01.